The van der Waals surface area contributed by atoms with Crippen LogP contribution in [0.2, 0.25) is 0 Å². The minimum Gasteiger partial charge on any atom is -0.313 e. The van der Waals surface area contributed by atoms with Gasteiger partial charge < -0.3 is 5.32 Å². The van der Waals surface area contributed by atoms with Gasteiger partial charge in [-0.2, -0.15) is 0 Å². The van der Waals surface area contributed by atoms with Crippen LogP contribution in [0.3, 0.4) is 0 Å². The molecular formula is C12H21NO. The summed E-state index contributed by atoms with van der Waals surface area (Å²) < 4.78 is 0. The number of carbonyl (C=O) groups excluding carboxylic acids is 1. The Kier molecular flexibility index (Phi) is 2.91. The molecule has 1 aliphatic heterocycles. The van der Waals surface area contributed by atoms with Crippen LogP contribution >= 0.6 is 0 Å². The Morgan fingerprint density at radius 2 is 2.36 bits per heavy atom. The standard InChI is InChI=1S/C12H21NO/c1-2-5-12-6-3-8-13-11(12)9-10(14)4-7-12/h11,13H,2-9H2,1H3/t11-,12+/m0/s1. The van der Waals surface area contributed by atoms with E-state index in [9.17, 15) is 4.79 Å². The van der Waals surface area contributed by atoms with Crippen molar-refractivity contribution in [3.8, 4) is 0 Å². The van der Waals surface area contributed by atoms with Crippen molar-refractivity contribution in [3.63, 3.8) is 0 Å². The third-order valence-corrected chi connectivity index (χ3v) is 4.06. The first-order valence-corrected chi connectivity index (χ1v) is 6.02. The molecule has 1 N–H and O–H groups in total. The Labute approximate surface area is 86.5 Å². The lowest BCUT2D eigenvalue weighted by molar-refractivity contribution is -0.124. The van der Waals surface area contributed by atoms with Crippen LogP contribution in [0.1, 0.15) is 51.9 Å². The molecule has 2 fully saturated rings. The van der Waals surface area contributed by atoms with Gasteiger partial charge in [0.15, 0.2) is 0 Å². The maximum atomic E-state index is 11.4. The normalized spacial score (nSPS) is 38.1. The van der Waals surface area contributed by atoms with Gasteiger partial charge in [-0.05, 0) is 37.6 Å². The molecule has 1 heterocycles. The SMILES string of the molecule is CCC[C@]12CCCN[C@H]1CC(=O)CC2. The van der Waals surface area contributed by atoms with Gasteiger partial charge in [0, 0.05) is 18.9 Å². The average molecular weight is 195 g/mol. The second kappa shape index (κ2) is 4.01. The van der Waals surface area contributed by atoms with E-state index in [0.717, 1.165) is 25.8 Å². The number of ketones is 1. The average Bonchev–Trinajstić information content (AvgIpc) is 2.19. The topological polar surface area (TPSA) is 29.1 Å². The van der Waals surface area contributed by atoms with Crippen molar-refractivity contribution >= 4 is 5.78 Å². The van der Waals surface area contributed by atoms with Crippen LogP contribution in [0.4, 0.5) is 0 Å². The lowest BCUT2D eigenvalue weighted by Gasteiger charge is -2.47. The molecule has 80 valence electrons. The monoisotopic (exact) mass is 195 g/mol. The summed E-state index contributed by atoms with van der Waals surface area (Å²) in [5.74, 6) is 0.469. The van der Waals surface area contributed by atoms with E-state index >= 15 is 0 Å². The number of piperidine rings is 1. The molecule has 1 aliphatic carbocycles. The first-order chi connectivity index (χ1) is 6.77. The highest BCUT2D eigenvalue weighted by Gasteiger charge is 2.43. The van der Waals surface area contributed by atoms with Crippen molar-refractivity contribution in [2.24, 2.45) is 5.41 Å². The molecule has 2 heteroatoms. The third-order valence-electron chi connectivity index (χ3n) is 4.06. The molecule has 2 atom stereocenters. The summed E-state index contributed by atoms with van der Waals surface area (Å²) in [5, 5.41) is 3.56. The fraction of sp³-hybridized carbons (Fsp3) is 0.917. The van der Waals surface area contributed by atoms with E-state index in [-0.39, 0.29) is 0 Å². The van der Waals surface area contributed by atoms with Crippen molar-refractivity contribution < 1.29 is 4.79 Å². The van der Waals surface area contributed by atoms with Gasteiger partial charge in [0.2, 0.25) is 0 Å². The third kappa shape index (κ3) is 1.72. The predicted molar refractivity (Wildman–Crippen MR) is 57.2 cm³/mol. The molecule has 0 aromatic rings. The largest absolute Gasteiger partial charge is 0.313 e. The second-order valence-electron chi connectivity index (χ2n) is 4.97. The fourth-order valence-corrected chi connectivity index (χ4v) is 3.34. The van der Waals surface area contributed by atoms with Crippen LogP contribution in [0.25, 0.3) is 0 Å². The molecule has 0 bridgehead atoms. The number of fused-ring (bicyclic) bond motifs is 1. The van der Waals surface area contributed by atoms with E-state index in [1.807, 2.05) is 0 Å². The first kappa shape index (κ1) is 10.2. The highest BCUT2D eigenvalue weighted by atomic mass is 16.1. The van der Waals surface area contributed by atoms with Crippen molar-refractivity contribution in [2.45, 2.75) is 57.9 Å². The zero-order chi connectivity index (χ0) is 10.0. The first-order valence-electron chi connectivity index (χ1n) is 6.02. The van der Waals surface area contributed by atoms with Crippen LogP contribution in [0, 0.1) is 5.41 Å². The Morgan fingerprint density at radius 1 is 1.50 bits per heavy atom. The summed E-state index contributed by atoms with van der Waals surface area (Å²) in [7, 11) is 0. The van der Waals surface area contributed by atoms with Gasteiger partial charge in [0.25, 0.3) is 0 Å². The molecule has 2 nitrogen and oxygen atoms in total. The van der Waals surface area contributed by atoms with E-state index in [2.05, 4.69) is 12.2 Å². The van der Waals surface area contributed by atoms with Crippen LogP contribution in [0.15, 0.2) is 0 Å². The van der Waals surface area contributed by atoms with Crippen LogP contribution in [-0.2, 0) is 4.79 Å². The highest BCUT2D eigenvalue weighted by molar-refractivity contribution is 5.80. The molecule has 0 spiro atoms. The maximum Gasteiger partial charge on any atom is 0.134 e. The number of nitrogens with one attached hydrogen (secondary N) is 1. The summed E-state index contributed by atoms with van der Waals surface area (Å²) >= 11 is 0. The molecule has 0 aromatic heterocycles. The van der Waals surface area contributed by atoms with Gasteiger partial charge in [0.1, 0.15) is 5.78 Å². The highest BCUT2D eigenvalue weighted by Crippen LogP contribution is 2.44. The van der Waals surface area contributed by atoms with Crippen molar-refractivity contribution in [1.82, 2.24) is 5.32 Å². The van der Waals surface area contributed by atoms with Crippen molar-refractivity contribution in [3.05, 3.63) is 0 Å². The quantitative estimate of drug-likeness (QED) is 0.732. The Balaban J connectivity index is 2.11. The van der Waals surface area contributed by atoms with E-state index in [0.29, 0.717) is 17.2 Å². The molecule has 2 aliphatic rings. The second-order valence-corrected chi connectivity index (χ2v) is 4.97. The molecule has 0 amide bonds. The van der Waals surface area contributed by atoms with Gasteiger partial charge >= 0.3 is 0 Å². The fourth-order valence-electron chi connectivity index (χ4n) is 3.34. The number of Topliss-reactive ketones (excluding diaryl/α,β-unsaturated/α-hetero) is 1. The summed E-state index contributed by atoms with van der Waals surface area (Å²) in [5.41, 5.74) is 0.473. The molecule has 1 saturated carbocycles. The van der Waals surface area contributed by atoms with E-state index < -0.39 is 0 Å². The molecule has 0 radical (unpaired) electrons. The summed E-state index contributed by atoms with van der Waals surface area (Å²) in [6.45, 7) is 3.38. The Morgan fingerprint density at radius 3 is 3.14 bits per heavy atom. The van der Waals surface area contributed by atoms with Crippen LogP contribution in [-0.4, -0.2) is 18.4 Å². The van der Waals surface area contributed by atoms with Gasteiger partial charge in [-0.15, -0.1) is 0 Å². The van der Waals surface area contributed by atoms with Gasteiger partial charge in [-0.25, -0.2) is 0 Å². The van der Waals surface area contributed by atoms with Gasteiger partial charge in [0.05, 0.1) is 0 Å². The lowest BCUT2D eigenvalue weighted by Crippen LogP contribution is -2.53. The van der Waals surface area contributed by atoms with Gasteiger partial charge in [-0.1, -0.05) is 13.3 Å². The van der Waals surface area contributed by atoms with Crippen LogP contribution in [0.5, 0.6) is 0 Å². The number of carbonyl (C=O) groups is 1. The minimum atomic E-state index is 0.469. The smallest absolute Gasteiger partial charge is 0.134 e. The molecule has 1 saturated heterocycles. The molecule has 2 rings (SSSR count). The molecule has 0 unspecified atom stereocenters. The number of hydrogen-bond acceptors (Lipinski definition) is 2. The maximum absolute atomic E-state index is 11.4. The predicted octanol–water partition coefficient (Wildman–Crippen LogP) is 2.28. The Bertz CT molecular complexity index is 222. The van der Waals surface area contributed by atoms with E-state index in [1.165, 1.54) is 25.7 Å². The zero-order valence-corrected chi connectivity index (χ0v) is 9.14. The molecular weight excluding hydrogens is 174 g/mol. The van der Waals surface area contributed by atoms with Gasteiger partial charge in [-0.3, -0.25) is 4.79 Å². The summed E-state index contributed by atoms with van der Waals surface area (Å²) in [4.78, 5) is 11.4. The lowest BCUT2D eigenvalue weighted by atomic mass is 9.63. The summed E-state index contributed by atoms with van der Waals surface area (Å²) in [6.07, 6.45) is 7.95. The molecule has 14 heavy (non-hydrogen) atoms. The van der Waals surface area contributed by atoms with E-state index in [4.69, 9.17) is 0 Å². The summed E-state index contributed by atoms with van der Waals surface area (Å²) in [6, 6.07) is 0.498. The number of rotatable bonds is 2. The van der Waals surface area contributed by atoms with Crippen molar-refractivity contribution in [2.75, 3.05) is 6.54 Å². The van der Waals surface area contributed by atoms with Crippen LogP contribution < -0.4 is 5.32 Å². The zero-order valence-electron chi connectivity index (χ0n) is 9.14. The number of hydrogen-bond donors (Lipinski definition) is 1. The van der Waals surface area contributed by atoms with Crippen molar-refractivity contribution in [1.29, 1.82) is 0 Å². The van der Waals surface area contributed by atoms with E-state index in [1.54, 1.807) is 0 Å². The minimum absolute atomic E-state index is 0.469. The Hall–Kier alpha value is -0.370. The molecule has 0 aromatic carbocycles.